The largest absolute Gasteiger partial charge is 0.329 e. The minimum atomic E-state index is 0.172. The van der Waals surface area contributed by atoms with Gasteiger partial charge in [-0.05, 0) is 51.3 Å². The van der Waals surface area contributed by atoms with Crippen LogP contribution in [0.3, 0.4) is 0 Å². The van der Waals surface area contributed by atoms with Crippen LogP contribution in [0, 0.1) is 12.8 Å². The van der Waals surface area contributed by atoms with E-state index in [1.807, 2.05) is 13.0 Å². The van der Waals surface area contributed by atoms with Crippen molar-refractivity contribution >= 4 is 0 Å². The second-order valence-corrected chi connectivity index (χ2v) is 5.56. The number of likely N-dealkylation sites (N-methyl/N-ethyl adjacent to an activating group) is 1. The lowest BCUT2D eigenvalue weighted by molar-refractivity contribution is 0.0878. The molecule has 0 spiro atoms. The van der Waals surface area contributed by atoms with Crippen LogP contribution in [0.5, 0.6) is 0 Å². The summed E-state index contributed by atoms with van der Waals surface area (Å²) >= 11 is 0. The first kappa shape index (κ1) is 13.5. The lowest BCUT2D eigenvalue weighted by Gasteiger charge is -2.41. The van der Waals surface area contributed by atoms with Crippen LogP contribution >= 0.6 is 0 Å². The van der Waals surface area contributed by atoms with Crippen LogP contribution in [0.15, 0.2) is 18.2 Å². The van der Waals surface area contributed by atoms with E-state index in [1.165, 1.54) is 12.8 Å². The van der Waals surface area contributed by atoms with Gasteiger partial charge in [-0.2, -0.15) is 0 Å². The first-order chi connectivity index (χ1) is 8.62. The summed E-state index contributed by atoms with van der Waals surface area (Å²) in [7, 11) is 2.19. The van der Waals surface area contributed by atoms with Gasteiger partial charge in [-0.25, -0.2) is 0 Å². The maximum Gasteiger partial charge on any atom is 0.0547 e. The monoisotopic (exact) mass is 247 g/mol. The first-order valence-corrected chi connectivity index (χ1v) is 6.96. The van der Waals surface area contributed by atoms with E-state index in [2.05, 4.69) is 36.0 Å². The van der Waals surface area contributed by atoms with E-state index in [4.69, 9.17) is 5.73 Å². The molecule has 3 heteroatoms. The van der Waals surface area contributed by atoms with Crippen molar-refractivity contribution in [1.82, 2.24) is 9.88 Å². The van der Waals surface area contributed by atoms with E-state index in [0.717, 1.165) is 36.8 Å². The van der Waals surface area contributed by atoms with Crippen molar-refractivity contribution in [3.63, 3.8) is 0 Å². The maximum absolute atomic E-state index is 6.08. The molecule has 0 bridgehead atoms. The molecule has 0 aliphatic heterocycles. The number of hydrogen-bond acceptors (Lipinski definition) is 3. The first-order valence-electron chi connectivity index (χ1n) is 6.96. The average Bonchev–Trinajstić information content (AvgIpc) is 3.16. The molecule has 1 aliphatic carbocycles. The highest BCUT2D eigenvalue weighted by molar-refractivity contribution is 5.11. The summed E-state index contributed by atoms with van der Waals surface area (Å²) in [6.07, 6.45) is 3.78. The Morgan fingerprint density at radius 3 is 2.67 bits per heavy atom. The summed E-state index contributed by atoms with van der Waals surface area (Å²) in [5.74, 6) is 0.780. The van der Waals surface area contributed by atoms with Crippen LogP contribution in [0.4, 0.5) is 0 Å². The Morgan fingerprint density at radius 1 is 1.44 bits per heavy atom. The molecule has 1 aromatic heterocycles. The molecule has 1 heterocycles. The molecule has 0 aromatic carbocycles. The van der Waals surface area contributed by atoms with Gasteiger partial charge in [0.1, 0.15) is 0 Å². The Morgan fingerprint density at radius 2 is 2.17 bits per heavy atom. The third kappa shape index (κ3) is 2.57. The number of nitrogens with two attached hydrogens (primary N) is 1. The van der Waals surface area contributed by atoms with Crippen LogP contribution in [0.1, 0.15) is 37.6 Å². The minimum absolute atomic E-state index is 0.172. The van der Waals surface area contributed by atoms with Crippen molar-refractivity contribution in [2.24, 2.45) is 11.7 Å². The highest BCUT2D eigenvalue weighted by Gasteiger charge is 2.45. The molecule has 0 radical (unpaired) electrons. The molecule has 2 N–H and O–H groups in total. The molecule has 18 heavy (non-hydrogen) atoms. The predicted molar refractivity (Wildman–Crippen MR) is 75.2 cm³/mol. The number of aromatic nitrogens is 1. The van der Waals surface area contributed by atoms with Crippen LogP contribution in [-0.4, -0.2) is 29.0 Å². The SMILES string of the molecule is CCC(CN)(C1CC1)N(C)Cc1cccc(C)n1. The van der Waals surface area contributed by atoms with Gasteiger partial charge in [-0.1, -0.05) is 13.0 Å². The highest BCUT2D eigenvalue weighted by atomic mass is 15.2. The molecule has 3 nitrogen and oxygen atoms in total. The Balaban J connectivity index is 2.12. The van der Waals surface area contributed by atoms with E-state index in [0.29, 0.717) is 0 Å². The Labute approximate surface area is 110 Å². The summed E-state index contributed by atoms with van der Waals surface area (Å²) in [5, 5.41) is 0. The van der Waals surface area contributed by atoms with Crippen molar-refractivity contribution in [3.8, 4) is 0 Å². The fourth-order valence-electron chi connectivity index (χ4n) is 3.05. The number of pyridine rings is 1. The van der Waals surface area contributed by atoms with Crippen molar-refractivity contribution in [2.75, 3.05) is 13.6 Å². The number of aryl methyl sites for hydroxylation is 1. The molecule has 0 saturated heterocycles. The minimum Gasteiger partial charge on any atom is -0.329 e. The van der Waals surface area contributed by atoms with Crippen molar-refractivity contribution in [3.05, 3.63) is 29.6 Å². The van der Waals surface area contributed by atoms with E-state index in [9.17, 15) is 0 Å². The molecule has 2 rings (SSSR count). The predicted octanol–water partition coefficient (Wildman–Crippen LogP) is 2.34. The second kappa shape index (κ2) is 5.37. The third-order valence-corrected chi connectivity index (χ3v) is 4.41. The third-order valence-electron chi connectivity index (χ3n) is 4.41. The Kier molecular flexibility index (Phi) is 4.03. The van der Waals surface area contributed by atoms with Gasteiger partial charge in [0.15, 0.2) is 0 Å². The van der Waals surface area contributed by atoms with E-state index in [-0.39, 0.29) is 5.54 Å². The molecule has 1 saturated carbocycles. The van der Waals surface area contributed by atoms with Gasteiger partial charge in [0.2, 0.25) is 0 Å². The zero-order valence-corrected chi connectivity index (χ0v) is 11.8. The van der Waals surface area contributed by atoms with E-state index >= 15 is 0 Å². The molecule has 1 unspecified atom stereocenters. The van der Waals surface area contributed by atoms with Crippen molar-refractivity contribution < 1.29 is 0 Å². The topological polar surface area (TPSA) is 42.1 Å². The summed E-state index contributed by atoms with van der Waals surface area (Å²) in [6, 6.07) is 6.23. The molecule has 1 aromatic rings. The normalized spacial score (nSPS) is 18.9. The van der Waals surface area contributed by atoms with Crippen LogP contribution in [0.2, 0.25) is 0 Å². The summed E-state index contributed by atoms with van der Waals surface area (Å²) in [4.78, 5) is 7.02. The maximum atomic E-state index is 6.08. The smallest absolute Gasteiger partial charge is 0.0547 e. The molecule has 1 atom stereocenters. The van der Waals surface area contributed by atoms with Gasteiger partial charge in [0, 0.05) is 24.3 Å². The van der Waals surface area contributed by atoms with Gasteiger partial charge in [-0.15, -0.1) is 0 Å². The summed E-state index contributed by atoms with van der Waals surface area (Å²) in [5.41, 5.74) is 8.48. The fourth-order valence-corrected chi connectivity index (χ4v) is 3.05. The fraction of sp³-hybridized carbons (Fsp3) is 0.667. The molecular formula is C15H25N3. The van der Waals surface area contributed by atoms with Gasteiger partial charge in [0.05, 0.1) is 5.69 Å². The van der Waals surface area contributed by atoms with Crippen LogP contribution in [0.25, 0.3) is 0 Å². The average molecular weight is 247 g/mol. The van der Waals surface area contributed by atoms with Crippen molar-refractivity contribution in [1.29, 1.82) is 0 Å². The zero-order valence-electron chi connectivity index (χ0n) is 11.8. The van der Waals surface area contributed by atoms with Crippen molar-refractivity contribution in [2.45, 2.75) is 45.2 Å². The summed E-state index contributed by atoms with van der Waals surface area (Å²) < 4.78 is 0. The zero-order chi connectivity index (χ0) is 13.2. The standard InChI is InChI=1S/C15H25N3/c1-4-15(11-16,13-8-9-13)18(3)10-14-7-5-6-12(2)17-14/h5-7,13H,4,8-11,16H2,1-3H3. The van der Waals surface area contributed by atoms with Gasteiger partial charge in [-0.3, -0.25) is 9.88 Å². The Hall–Kier alpha value is -0.930. The number of hydrogen-bond donors (Lipinski definition) is 1. The van der Waals surface area contributed by atoms with E-state index in [1.54, 1.807) is 0 Å². The van der Waals surface area contributed by atoms with Crippen LogP contribution in [-0.2, 0) is 6.54 Å². The van der Waals surface area contributed by atoms with Gasteiger partial charge >= 0.3 is 0 Å². The molecule has 100 valence electrons. The summed E-state index contributed by atoms with van der Waals surface area (Å²) in [6.45, 7) is 5.94. The van der Waals surface area contributed by atoms with Gasteiger partial charge in [0.25, 0.3) is 0 Å². The van der Waals surface area contributed by atoms with Crippen LogP contribution < -0.4 is 5.73 Å². The molecule has 1 aliphatic rings. The number of nitrogens with zero attached hydrogens (tertiary/aromatic N) is 2. The second-order valence-electron chi connectivity index (χ2n) is 5.56. The van der Waals surface area contributed by atoms with Gasteiger partial charge < -0.3 is 5.73 Å². The van der Waals surface area contributed by atoms with E-state index < -0.39 is 0 Å². The molecule has 1 fully saturated rings. The quantitative estimate of drug-likeness (QED) is 0.839. The number of rotatable bonds is 6. The molecule has 0 amide bonds. The lowest BCUT2D eigenvalue weighted by Crippen LogP contribution is -2.53. The molecular weight excluding hydrogens is 222 g/mol. The Bertz CT molecular complexity index is 394. The highest BCUT2D eigenvalue weighted by Crippen LogP contribution is 2.44. The lowest BCUT2D eigenvalue weighted by atomic mass is 9.88.